The maximum absolute atomic E-state index is 9.36. The van der Waals surface area contributed by atoms with Gasteiger partial charge in [0.2, 0.25) is 17.8 Å². The molecule has 1 atom stereocenters. The molecule has 0 aliphatic heterocycles. The molecule has 0 aliphatic rings. The van der Waals surface area contributed by atoms with E-state index in [0.717, 1.165) is 38.8 Å². The minimum absolute atomic E-state index is 0.369. The Hall–Kier alpha value is -1.63. The average molecular weight is 282 g/mol. The minimum atomic E-state index is -0.704. The van der Waals surface area contributed by atoms with Crippen LogP contribution < -0.4 is 16.0 Å². The summed E-state index contributed by atoms with van der Waals surface area (Å²) in [7, 11) is 0. The number of anilines is 3. The zero-order valence-electron chi connectivity index (χ0n) is 12.6. The van der Waals surface area contributed by atoms with E-state index < -0.39 is 6.23 Å². The van der Waals surface area contributed by atoms with Crippen LogP contribution >= 0.6 is 0 Å². The third-order valence-electron chi connectivity index (χ3n) is 2.60. The van der Waals surface area contributed by atoms with Crippen molar-refractivity contribution < 1.29 is 5.11 Å². The summed E-state index contributed by atoms with van der Waals surface area (Å²) in [6.07, 6.45) is 3.63. The number of aliphatic hydroxyl groups excluding tert-OH is 1. The maximum Gasteiger partial charge on any atom is 0.231 e. The van der Waals surface area contributed by atoms with E-state index in [2.05, 4.69) is 44.7 Å². The van der Waals surface area contributed by atoms with Crippen molar-refractivity contribution in [2.45, 2.75) is 52.7 Å². The number of nitrogens with zero attached hydrogens (tertiary/aromatic N) is 3. The van der Waals surface area contributed by atoms with Gasteiger partial charge in [-0.3, -0.25) is 0 Å². The summed E-state index contributed by atoms with van der Waals surface area (Å²) in [5, 5.41) is 18.5. The molecular formula is C13H26N6O. The summed E-state index contributed by atoms with van der Waals surface area (Å²) in [6, 6.07) is 0. The molecule has 1 aromatic rings. The summed E-state index contributed by atoms with van der Waals surface area (Å²) in [4.78, 5) is 12.8. The van der Waals surface area contributed by atoms with Crippen molar-refractivity contribution >= 4 is 17.8 Å². The van der Waals surface area contributed by atoms with Gasteiger partial charge in [0.15, 0.2) is 0 Å². The monoisotopic (exact) mass is 282 g/mol. The third kappa shape index (κ3) is 6.51. The fourth-order valence-electron chi connectivity index (χ4n) is 1.54. The lowest BCUT2D eigenvalue weighted by Gasteiger charge is -2.12. The number of hydrogen-bond donors (Lipinski definition) is 4. The zero-order valence-corrected chi connectivity index (χ0v) is 12.6. The van der Waals surface area contributed by atoms with E-state index in [1.807, 2.05) is 0 Å². The fourth-order valence-corrected chi connectivity index (χ4v) is 1.54. The van der Waals surface area contributed by atoms with Crippen LogP contribution in [0.15, 0.2) is 0 Å². The fraction of sp³-hybridized carbons (Fsp3) is 0.769. The van der Waals surface area contributed by atoms with Crippen molar-refractivity contribution in [2.75, 3.05) is 29.0 Å². The highest BCUT2D eigenvalue weighted by molar-refractivity contribution is 5.42. The van der Waals surface area contributed by atoms with E-state index in [0.29, 0.717) is 17.8 Å². The van der Waals surface area contributed by atoms with E-state index in [-0.39, 0.29) is 0 Å². The quantitative estimate of drug-likeness (QED) is 0.385. The molecule has 4 N–H and O–H groups in total. The van der Waals surface area contributed by atoms with Gasteiger partial charge in [0.05, 0.1) is 0 Å². The molecule has 0 amide bonds. The molecule has 20 heavy (non-hydrogen) atoms. The normalized spacial score (nSPS) is 12.0. The molecule has 0 bridgehead atoms. The molecule has 0 saturated carbocycles. The van der Waals surface area contributed by atoms with Crippen LogP contribution in [-0.2, 0) is 0 Å². The Kier molecular flexibility index (Phi) is 7.64. The van der Waals surface area contributed by atoms with Crippen LogP contribution in [0, 0.1) is 0 Å². The highest BCUT2D eigenvalue weighted by Crippen LogP contribution is 2.10. The average Bonchev–Trinajstić information content (AvgIpc) is 2.38. The van der Waals surface area contributed by atoms with Gasteiger partial charge in [-0.05, 0) is 19.8 Å². The Bertz CT molecular complexity index is 357. The second kappa shape index (κ2) is 9.30. The van der Waals surface area contributed by atoms with Crippen molar-refractivity contribution in [1.29, 1.82) is 0 Å². The SMILES string of the molecule is CCCCNc1nc(NCCCC)nc(NC(C)O)n1. The van der Waals surface area contributed by atoms with E-state index in [1.54, 1.807) is 6.92 Å². The molecule has 1 rings (SSSR count). The molecule has 1 heterocycles. The highest BCUT2D eigenvalue weighted by atomic mass is 16.3. The van der Waals surface area contributed by atoms with E-state index >= 15 is 0 Å². The molecule has 1 aromatic heterocycles. The molecule has 7 nitrogen and oxygen atoms in total. The lowest BCUT2D eigenvalue weighted by molar-refractivity contribution is 0.223. The molecule has 114 valence electrons. The van der Waals surface area contributed by atoms with Crippen LogP contribution in [0.3, 0.4) is 0 Å². The first-order valence-corrected chi connectivity index (χ1v) is 7.34. The maximum atomic E-state index is 9.36. The second-order valence-electron chi connectivity index (χ2n) is 4.69. The predicted molar refractivity (Wildman–Crippen MR) is 81.9 cm³/mol. The smallest absolute Gasteiger partial charge is 0.231 e. The molecule has 0 radical (unpaired) electrons. The number of nitrogens with one attached hydrogen (secondary N) is 3. The molecule has 0 aliphatic carbocycles. The largest absolute Gasteiger partial charge is 0.374 e. The summed E-state index contributed by atoms with van der Waals surface area (Å²) in [5.41, 5.74) is 0. The molecular weight excluding hydrogens is 256 g/mol. The van der Waals surface area contributed by atoms with Gasteiger partial charge >= 0.3 is 0 Å². The minimum Gasteiger partial charge on any atom is -0.374 e. The van der Waals surface area contributed by atoms with Gasteiger partial charge in [0, 0.05) is 13.1 Å². The first kappa shape index (κ1) is 16.4. The number of hydrogen-bond acceptors (Lipinski definition) is 7. The topological polar surface area (TPSA) is 95.0 Å². The van der Waals surface area contributed by atoms with Crippen LogP contribution in [0.25, 0.3) is 0 Å². The van der Waals surface area contributed by atoms with Gasteiger partial charge in [-0.2, -0.15) is 15.0 Å². The Labute approximate surface area is 120 Å². The number of rotatable bonds is 10. The highest BCUT2D eigenvalue weighted by Gasteiger charge is 2.07. The van der Waals surface area contributed by atoms with Crippen molar-refractivity contribution in [3.63, 3.8) is 0 Å². The number of unbranched alkanes of at least 4 members (excludes halogenated alkanes) is 2. The van der Waals surface area contributed by atoms with Crippen LogP contribution in [-0.4, -0.2) is 39.4 Å². The van der Waals surface area contributed by atoms with Gasteiger partial charge in [-0.25, -0.2) is 0 Å². The van der Waals surface area contributed by atoms with Crippen LogP contribution in [0.4, 0.5) is 17.8 Å². The Morgan fingerprint density at radius 2 is 1.35 bits per heavy atom. The third-order valence-corrected chi connectivity index (χ3v) is 2.60. The lowest BCUT2D eigenvalue weighted by atomic mass is 10.3. The van der Waals surface area contributed by atoms with Gasteiger partial charge in [0.1, 0.15) is 6.23 Å². The molecule has 1 unspecified atom stereocenters. The number of aliphatic hydroxyl groups is 1. The van der Waals surface area contributed by atoms with E-state index in [9.17, 15) is 5.11 Å². The van der Waals surface area contributed by atoms with Crippen LogP contribution in [0.1, 0.15) is 46.5 Å². The molecule has 0 spiro atoms. The van der Waals surface area contributed by atoms with Gasteiger partial charge in [0.25, 0.3) is 0 Å². The first-order chi connectivity index (χ1) is 9.65. The van der Waals surface area contributed by atoms with Gasteiger partial charge in [-0.1, -0.05) is 26.7 Å². The molecule has 0 fully saturated rings. The molecule has 0 aromatic carbocycles. The van der Waals surface area contributed by atoms with Gasteiger partial charge < -0.3 is 21.1 Å². The zero-order chi connectivity index (χ0) is 14.8. The first-order valence-electron chi connectivity index (χ1n) is 7.34. The Morgan fingerprint density at radius 1 is 0.900 bits per heavy atom. The summed E-state index contributed by atoms with van der Waals surface area (Å²) in [6.45, 7) is 7.53. The van der Waals surface area contributed by atoms with E-state index in [4.69, 9.17) is 0 Å². The Balaban J connectivity index is 2.72. The van der Waals surface area contributed by atoms with Crippen molar-refractivity contribution in [1.82, 2.24) is 15.0 Å². The summed E-state index contributed by atoms with van der Waals surface area (Å²) in [5.74, 6) is 1.42. The van der Waals surface area contributed by atoms with Crippen LogP contribution in [0.2, 0.25) is 0 Å². The lowest BCUT2D eigenvalue weighted by Crippen LogP contribution is -2.18. The van der Waals surface area contributed by atoms with Crippen molar-refractivity contribution in [3.8, 4) is 0 Å². The van der Waals surface area contributed by atoms with Crippen molar-refractivity contribution in [3.05, 3.63) is 0 Å². The predicted octanol–water partition coefficient (Wildman–Crippen LogP) is 2.05. The Morgan fingerprint density at radius 3 is 1.75 bits per heavy atom. The van der Waals surface area contributed by atoms with Crippen molar-refractivity contribution in [2.24, 2.45) is 0 Å². The van der Waals surface area contributed by atoms with Gasteiger partial charge in [-0.15, -0.1) is 0 Å². The van der Waals surface area contributed by atoms with Crippen LogP contribution in [0.5, 0.6) is 0 Å². The number of aromatic nitrogens is 3. The standard InChI is InChI=1S/C13H26N6O/c1-4-6-8-14-11-17-12(15-9-7-5-2)19-13(18-11)16-10(3)20/h10,20H,4-9H2,1-3H3,(H3,14,15,16,17,18,19). The second-order valence-corrected chi connectivity index (χ2v) is 4.69. The van der Waals surface area contributed by atoms with E-state index in [1.165, 1.54) is 0 Å². The molecule has 0 saturated heterocycles. The summed E-state index contributed by atoms with van der Waals surface area (Å²) >= 11 is 0. The molecule has 7 heteroatoms. The summed E-state index contributed by atoms with van der Waals surface area (Å²) < 4.78 is 0.